The summed E-state index contributed by atoms with van der Waals surface area (Å²) in [6, 6.07) is 9.31. The average Bonchev–Trinajstić information content (AvgIpc) is 2.27. The van der Waals surface area contributed by atoms with Gasteiger partial charge in [-0.25, -0.2) is 0 Å². The predicted molar refractivity (Wildman–Crippen MR) is 67.4 cm³/mol. The molecule has 6 heteroatoms. The zero-order valence-corrected chi connectivity index (χ0v) is 9.70. The summed E-state index contributed by atoms with van der Waals surface area (Å²) in [7, 11) is 0. The van der Waals surface area contributed by atoms with Crippen molar-refractivity contribution in [3.8, 4) is 0 Å². The second-order valence-electron chi connectivity index (χ2n) is 3.23. The maximum atomic E-state index is 10.9. The average molecular weight is 252 g/mol. The molecule has 0 saturated heterocycles. The van der Waals surface area contributed by atoms with E-state index in [1.807, 2.05) is 30.3 Å². The van der Waals surface area contributed by atoms with E-state index < -0.39 is 17.4 Å². The highest BCUT2D eigenvalue weighted by molar-refractivity contribution is 7.80. The lowest BCUT2D eigenvalue weighted by Gasteiger charge is -2.08. The minimum atomic E-state index is -1.18. The molecule has 0 aliphatic heterocycles. The van der Waals surface area contributed by atoms with Crippen LogP contribution in [0.25, 0.3) is 0 Å². The Kier molecular flexibility index (Phi) is 4.47. The van der Waals surface area contributed by atoms with Gasteiger partial charge in [0.2, 0.25) is 0 Å². The van der Waals surface area contributed by atoms with E-state index in [-0.39, 0.29) is 4.99 Å². The number of primary amides is 1. The highest BCUT2D eigenvalue weighted by Gasteiger charge is 2.17. The van der Waals surface area contributed by atoms with Gasteiger partial charge in [-0.05, 0) is 5.56 Å². The Balaban J connectivity index is 2.68. The number of rotatable bonds is 4. The molecule has 1 rings (SSSR count). The second kappa shape index (κ2) is 5.86. The van der Waals surface area contributed by atoms with Gasteiger partial charge in [0.25, 0.3) is 11.9 Å². The van der Waals surface area contributed by atoms with Crippen LogP contribution in [0.5, 0.6) is 0 Å². The van der Waals surface area contributed by atoms with Gasteiger partial charge in [0.05, 0.1) is 0 Å². The van der Waals surface area contributed by atoms with Crippen molar-refractivity contribution in [1.29, 1.82) is 0 Å². The maximum absolute atomic E-state index is 10.9. The zero-order chi connectivity index (χ0) is 12.8. The molecule has 0 aliphatic carbocycles. The van der Waals surface area contributed by atoms with Crippen molar-refractivity contribution in [2.24, 2.45) is 5.73 Å². The van der Waals surface area contributed by atoms with Crippen molar-refractivity contribution in [3.05, 3.63) is 47.4 Å². The van der Waals surface area contributed by atoms with Crippen LogP contribution in [0.4, 0.5) is 0 Å². The maximum Gasteiger partial charge on any atom is 0.290 e. The fraction of sp³-hybridized carbons (Fsp3) is 0.0909. The molecule has 0 radical (unpaired) electrons. The SMILES string of the molecule is NC(=O)C(C(=S)NCc1ccccc1)=C(O)O. The molecule has 1 aromatic rings. The largest absolute Gasteiger partial charge is 0.480 e. The normalized spacial score (nSPS) is 9.41. The van der Waals surface area contributed by atoms with Gasteiger partial charge in [-0.3, -0.25) is 4.79 Å². The van der Waals surface area contributed by atoms with Crippen LogP contribution in [0.1, 0.15) is 5.56 Å². The molecular formula is C11H12N2O3S. The lowest BCUT2D eigenvalue weighted by molar-refractivity contribution is -0.114. The number of carbonyl (C=O) groups is 1. The summed E-state index contributed by atoms with van der Waals surface area (Å²) >= 11 is 4.84. The molecule has 0 unspecified atom stereocenters. The lowest BCUT2D eigenvalue weighted by atomic mass is 10.2. The molecular weight excluding hydrogens is 240 g/mol. The Bertz CT molecular complexity index is 453. The number of aliphatic hydroxyl groups is 2. The van der Waals surface area contributed by atoms with E-state index in [1.165, 1.54) is 0 Å². The van der Waals surface area contributed by atoms with Gasteiger partial charge in [-0.15, -0.1) is 0 Å². The molecule has 0 spiro atoms. The lowest BCUT2D eigenvalue weighted by Crippen LogP contribution is -2.31. The smallest absolute Gasteiger partial charge is 0.290 e. The summed E-state index contributed by atoms with van der Waals surface area (Å²) in [6.45, 7) is 0.365. The molecule has 90 valence electrons. The van der Waals surface area contributed by atoms with Crippen molar-refractivity contribution in [1.82, 2.24) is 5.32 Å². The van der Waals surface area contributed by atoms with Gasteiger partial charge >= 0.3 is 0 Å². The van der Waals surface area contributed by atoms with E-state index in [9.17, 15) is 4.79 Å². The van der Waals surface area contributed by atoms with Crippen LogP contribution in [-0.2, 0) is 11.3 Å². The summed E-state index contributed by atoms with van der Waals surface area (Å²) in [5.41, 5.74) is 5.41. The first-order valence-electron chi connectivity index (χ1n) is 4.76. The Morgan fingerprint density at radius 3 is 2.35 bits per heavy atom. The molecule has 17 heavy (non-hydrogen) atoms. The van der Waals surface area contributed by atoms with E-state index >= 15 is 0 Å². The third kappa shape index (κ3) is 3.76. The summed E-state index contributed by atoms with van der Waals surface area (Å²) in [5.74, 6) is -2.17. The van der Waals surface area contributed by atoms with Gasteiger partial charge in [0.15, 0.2) is 5.57 Å². The van der Waals surface area contributed by atoms with E-state index in [2.05, 4.69) is 5.32 Å². The van der Waals surface area contributed by atoms with Crippen molar-refractivity contribution in [2.45, 2.75) is 6.54 Å². The van der Waals surface area contributed by atoms with Gasteiger partial charge in [0, 0.05) is 6.54 Å². The number of hydrogen-bond donors (Lipinski definition) is 4. The highest BCUT2D eigenvalue weighted by atomic mass is 32.1. The van der Waals surface area contributed by atoms with Crippen LogP contribution < -0.4 is 11.1 Å². The number of thiocarbonyl (C=S) groups is 1. The molecule has 5 N–H and O–H groups in total. The molecule has 0 heterocycles. The van der Waals surface area contributed by atoms with Gasteiger partial charge in [0.1, 0.15) is 4.99 Å². The number of aliphatic hydroxyl groups excluding tert-OH is 1. The molecule has 0 saturated carbocycles. The first-order valence-corrected chi connectivity index (χ1v) is 5.17. The van der Waals surface area contributed by atoms with Crippen molar-refractivity contribution in [3.63, 3.8) is 0 Å². The van der Waals surface area contributed by atoms with Crippen molar-refractivity contribution >= 4 is 23.1 Å². The van der Waals surface area contributed by atoms with Crippen molar-refractivity contribution < 1.29 is 15.0 Å². The zero-order valence-electron chi connectivity index (χ0n) is 8.88. The summed E-state index contributed by atoms with van der Waals surface area (Å²) in [5, 5.41) is 20.4. The molecule has 0 aromatic heterocycles. The molecule has 1 aromatic carbocycles. The fourth-order valence-electron chi connectivity index (χ4n) is 1.19. The third-order valence-electron chi connectivity index (χ3n) is 1.99. The fourth-order valence-corrected chi connectivity index (χ4v) is 1.45. The quantitative estimate of drug-likeness (QED) is 0.363. The van der Waals surface area contributed by atoms with Crippen molar-refractivity contribution in [2.75, 3.05) is 0 Å². The monoisotopic (exact) mass is 252 g/mol. The van der Waals surface area contributed by atoms with Crippen LogP contribution in [0, 0.1) is 0 Å². The molecule has 0 atom stereocenters. The number of benzene rings is 1. The number of amides is 1. The highest BCUT2D eigenvalue weighted by Crippen LogP contribution is 2.03. The third-order valence-corrected chi connectivity index (χ3v) is 2.34. The van der Waals surface area contributed by atoms with E-state index in [0.717, 1.165) is 5.56 Å². The number of nitrogens with two attached hydrogens (primary N) is 1. The molecule has 5 nitrogen and oxygen atoms in total. The first-order chi connectivity index (χ1) is 8.02. The Hall–Kier alpha value is -2.08. The van der Waals surface area contributed by atoms with E-state index in [4.69, 9.17) is 28.2 Å². The van der Waals surface area contributed by atoms with Crippen LogP contribution in [0.3, 0.4) is 0 Å². The molecule has 0 aliphatic rings. The Morgan fingerprint density at radius 2 is 1.88 bits per heavy atom. The molecule has 1 amide bonds. The first kappa shape index (κ1) is 13.0. The summed E-state index contributed by atoms with van der Waals surface area (Å²) < 4.78 is 0. The number of carbonyl (C=O) groups excluding carboxylic acids is 1. The van der Waals surface area contributed by atoms with Gasteiger partial charge in [-0.2, -0.15) is 0 Å². The van der Waals surface area contributed by atoms with Crippen LogP contribution >= 0.6 is 12.2 Å². The Morgan fingerprint density at radius 1 is 1.29 bits per heavy atom. The number of nitrogens with one attached hydrogen (secondary N) is 1. The van der Waals surface area contributed by atoms with Gasteiger partial charge < -0.3 is 21.3 Å². The summed E-state index contributed by atoms with van der Waals surface area (Å²) in [4.78, 5) is 10.8. The topological polar surface area (TPSA) is 95.6 Å². The van der Waals surface area contributed by atoms with Crippen LogP contribution in [-0.4, -0.2) is 21.1 Å². The van der Waals surface area contributed by atoms with E-state index in [1.54, 1.807) is 0 Å². The summed E-state index contributed by atoms with van der Waals surface area (Å²) in [6.07, 6.45) is 0. The minimum Gasteiger partial charge on any atom is -0.480 e. The predicted octanol–water partition coefficient (Wildman–Crippen LogP) is 0.916. The van der Waals surface area contributed by atoms with E-state index in [0.29, 0.717) is 6.54 Å². The molecule has 0 fully saturated rings. The molecule has 0 bridgehead atoms. The second-order valence-corrected chi connectivity index (χ2v) is 3.64. The van der Waals surface area contributed by atoms with Crippen LogP contribution in [0.15, 0.2) is 41.9 Å². The Labute approximate surface area is 104 Å². The van der Waals surface area contributed by atoms with Gasteiger partial charge in [-0.1, -0.05) is 42.5 Å². The number of hydrogen-bond acceptors (Lipinski definition) is 4. The minimum absolute atomic E-state index is 0.0960. The standard InChI is InChI=1S/C11H12N2O3S/c12-9(14)8(11(15)16)10(17)13-6-7-4-2-1-3-5-7/h1-5,15-16H,6H2,(H2,12,14)(H,13,17). The van der Waals surface area contributed by atoms with Crippen LogP contribution in [0.2, 0.25) is 0 Å².